The molecular weight excluding hydrogens is 220 g/mol. The predicted octanol–water partition coefficient (Wildman–Crippen LogP) is 3.01. The standard InChI is InChI=1S/C16H24N2/c17-16-6-4-5-14-11-13(7-8-15(14)16)12-18-9-2-1-3-10-18/h7-8,11,16H,1-6,9-10,12,17H2. The molecule has 2 aliphatic rings. The molecule has 0 aromatic heterocycles. The van der Waals surface area contributed by atoms with Crippen LogP contribution in [-0.2, 0) is 13.0 Å². The average Bonchev–Trinajstić information content (AvgIpc) is 2.40. The van der Waals surface area contributed by atoms with Crippen molar-refractivity contribution in [3.8, 4) is 0 Å². The molecule has 18 heavy (non-hydrogen) atoms. The third-order valence-electron chi connectivity index (χ3n) is 4.42. The van der Waals surface area contributed by atoms with Crippen LogP contribution in [0.2, 0.25) is 0 Å². The fourth-order valence-electron chi connectivity index (χ4n) is 3.38. The van der Waals surface area contributed by atoms with Gasteiger partial charge in [0.15, 0.2) is 0 Å². The minimum Gasteiger partial charge on any atom is -0.324 e. The van der Waals surface area contributed by atoms with E-state index in [9.17, 15) is 0 Å². The minimum atomic E-state index is 0.276. The zero-order valence-corrected chi connectivity index (χ0v) is 11.2. The Kier molecular flexibility index (Phi) is 3.67. The van der Waals surface area contributed by atoms with Gasteiger partial charge >= 0.3 is 0 Å². The lowest BCUT2D eigenvalue weighted by atomic mass is 9.87. The van der Waals surface area contributed by atoms with Gasteiger partial charge in [0.1, 0.15) is 0 Å². The van der Waals surface area contributed by atoms with Crippen molar-refractivity contribution in [1.29, 1.82) is 0 Å². The molecule has 1 aromatic rings. The highest BCUT2D eigenvalue weighted by molar-refractivity contribution is 5.36. The Bertz CT molecular complexity index is 408. The topological polar surface area (TPSA) is 29.3 Å². The fourth-order valence-corrected chi connectivity index (χ4v) is 3.38. The monoisotopic (exact) mass is 244 g/mol. The van der Waals surface area contributed by atoms with Crippen molar-refractivity contribution in [3.05, 3.63) is 34.9 Å². The Morgan fingerprint density at radius 1 is 1.11 bits per heavy atom. The van der Waals surface area contributed by atoms with Gasteiger partial charge in [-0.3, -0.25) is 4.90 Å². The third-order valence-corrected chi connectivity index (χ3v) is 4.42. The van der Waals surface area contributed by atoms with Gasteiger partial charge in [0.25, 0.3) is 0 Å². The van der Waals surface area contributed by atoms with Gasteiger partial charge in [0.05, 0.1) is 0 Å². The maximum absolute atomic E-state index is 6.17. The Morgan fingerprint density at radius 2 is 1.94 bits per heavy atom. The van der Waals surface area contributed by atoms with Gasteiger partial charge in [0.2, 0.25) is 0 Å². The Labute approximate surface area is 110 Å². The van der Waals surface area contributed by atoms with Crippen LogP contribution >= 0.6 is 0 Å². The summed E-state index contributed by atoms with van der Waals surface area (Å²) in [6.07, 6.45) is 7.78. The van der Waals surface area contributed by atoms with Crippen molar-refractivity contribution in [1.82, 2.24) is 4.90 Å². The maximum atomic E-state index is 6.17. The van der Waals surface area contributed by atoms with E-state index in [0.717, 1.165) is 13.0 Å². The van der Waals surface area contributed by atoms with Crippen molar-refractivity contribution < 1.29 is 0 Å². The first-order valence-corrected chi connectivity index (χ1v) is 7.42. The quantitative estimate of drug-likeness (QED) is 0.866. The highest BCUT2D eigenvalue weighted by Gasteiger charge is 2.17. The van der Waals surface area contributed by atoms with E-state index in [4.69, 9.17) is 5.73 Å². The fraction of sp³-hybridized carbons (Fsp3) is 0.625. The van der Waals surface area contributed by atoms with Gasteiger partial charge in [-0.1, -0.05) is 24.6 Å². The van der Waals surface area contributed by atoms with Gasteiger partial charge in [-0.2, -0.15) is 0 Å². The number of hydrogen-bond acceptors (Lipinski definition) is 2. The lowest BCUT2D eigenvalue weighted by Gasteiger charge is -2.28. The first kappa shape index (κ1) is 12.2. The first-order valence-electron chi connectivity index (χ1n) is 7.42. The normalized spacial score (nSPS) is 24.8. The van der Waals surface area contributed by atoms with Crippen LogP contribution in [0.15, 0.2) is 18.2 Å². The predicted molar refractivity (Wildman–Crippen MR) is 75.4 cm³/mol. The first-order chi connectivity index (χ1) is 8.83. The smallest absolute Gasteiger partial charge is 0.0297 e. The summed E-state index contributed by atoms with van der Waals surface area (Å²) in [5.74, 6) is 0. The molecule has 1 unspecified atom stereocenters. The van der Waals surface area contributed by atoms with Crippen LogP contribution < -0.4 is 5.73 Å². The summed E-state index contributed by atoms with van der Waals surface area (Å²) in [5.41, 5.74) is 10.5. The largest absolute Gasteiger partial charge is 0.324 e. The zero-order chi connectivity index (χ0) is 12.4. The molecule has 2 N–H and O–H groups in total. The van der Waals surface area contributed by atoms with Crippen molar-refractivity contribution in [3.63, 3.8) is 0 Å². The molecule has 1 aliphatic heterocycles. The number of aryl methyl sites for hydroxylation is 1. The summed E-state index contributed by atoms with van der Waals surface area (Å²) in [7, 11) is 0. The third kappa shape index (κ3) is 2.60. The molecule has 1 aromatic carbocycles. The van der Waals surface area contributed by atoms with Crippen molar-refractivity contribution in [2.75, 3.05) is 13.1 Å². The second-order valence-corrected chi connectivity index (χ2v) is 5.87. The lowest BCUT2D eigenvalue weighted by Crippen LogP contribution is -2.29. The highest BCUT2D eigenvalue weighted by Crippen LogP contribution is 2.29. The maximum Gasteiger partial charge on any atom is 0.0297 e. The summed E-state index contributed by atoms with van der Waals surface area (Å²) in [6.45, 7) is 3.68. The van der Waals surface area contributed by atoms with E-state index in [-0.39, 0.29) is 6.04 Å². The van der Waals surface area contributed by atoms with E-state index in [1.165, 1.54) is 61.9 Å². The number of nitrogens with zero attached hydrogens (tertiary/aromatic N) is 1. The number of rotatable bonds is 2. The molecule has 1 saturated heterocycles. The number of nitrogens with two attached hydrogens (primary N) is 1. The second-order valence-electron chi connectivity index (χ2n) is 5.87. The Balaban J connectivity index is 1.73. The van der Waals surface area contributed by atoms with Crippen molar-refractivity contribution in [2.24, 2.45) is 5.73 Å². The van der Waals surface area contributed by atoms with Crippen LogP contribution in [0.3, 0.4) is 0 Å². The van der Waals surface area contributed by atoms with Crippen LogP contribution in [0.1, 0.15) is 54.8 Å². The minimum absolute atomic E-state index is 0.276. The molecule has 1 fully saturated rings. The van der Waals surface area contributed by atoms with E-state index in [2.05, 4.69) is 23.1 Å². The van der Waals surface area contributed by atoms with Crippen molar-refractivity contribution >= 4 is 0 Å². The number of fused-ring (bicyclic) bond motifs is 1. The van der Waals surface area contributed by atoms with Crippen LogP contribution in [0, 0.1) is 0 Å². The number of hydrogen-bond donors (Lipinski definition) is 1. The molecule has 1 atom stereocenters. The van der Waals surface area contributed by atoms with Gasteiger partial charge in [-0.25, -0.2) is 0 Å². The van der Waals surface area contributed by atoms with E-state index >= 15 is 0 Å². The molecule has 0 spiro atoms. The van der Waals surface area contributed by atoms with E-state index in [0.29, 0.717) is 0 Å². The summed E-state index contributed by atoms with van der Waals surface area (Å²) < 4.78 is 0. The Hall–Kier alpha value is -0.860. The zero-order valence-electron chi connectivity index (χ0n) is 11.2. The molecular formula is C16H24N2. The summed E-state index contributed by atoms with van der Waals surface area (Å²) >= 11 is 0. The second kappa shape index (κ2) is 5.41. The number of piperidine rings is 1. The molecule has 2 nitrogen and oxygen atoms in total. The summed E-state index contributed by atoms with van der Waals surface area (Å²) in [5, 5.41) is 0. The van der Waals surface area contributed by atoms with E-state index < -0.39 is 0 Å². The molecule has 0 amide bonds. The van der Waals surface area contributed by atoms with Crippen LogP contribution in [0.4, 0.5) is 0 Å². The summed E-state index contributed by atoms with van der Waals surface area (Å²) in [4.78, 5) is 2.59. The van der Waals surface area contributed by atoms with Gasteiger partial charge < -0.3 is 5.73 Å². The molecule has 98 valence electrons. The molecule has 0 saturated carbocycles. The highest BCUT2D eigenvalue weighted by atomic mass is 15.1. The van der Waals surface area contributed by atoms with Crippen LogP contribution in [0.25, 0.3) is 0 Å². The van der Waals surface area contributed by atoms with Gasteiger partial charge in [-0.05, 0) is 61.9 Å². The van der Waals surface area contributed by atoms with E-state index in [1.807, 2.05) is 0 Å². The average molecular weight is 244 g/mol. The number of likely N-dealkylation sites (tertiary alicyclic amines) is 1. The van der Waals surface area contributed by atoms with E-state index in [1.54, 1.807) is 0 Å². The van der Waals surface area contributed by atoms with Gasteiger partial charge in [-0.15, -0.1) is 0 Å². The van der Waals surface area contributed by atoms with Crippen LogP contribution in [0.5, 0.6) is 0 Å². The lowest BCUT2D eigenvalue weighted by molar-refractivity contribution is 0.221. The molecule has 0 bridgehead atoms. The number of benzene rings is 1. The van der Waals surface area contributed by atoms with Crippen LogP contribution in [-0.4, -0.2) is 18.0 Å². The van der Waals surface area contributed by atoms with Gasteiger partial charge in [0, 0.05) is 12.6 Å². The Morgan fingerprint density at radius 3 is 2.78 bits per heavy atom. The molecule has 1 heterocycles. The molecule has 3 rings (SSSR count). The molecule has 2 heteroatoms. The van der Waals surface area contributed by atoms with Crippen molar-refractivity contribution in [2.45, 2.75) is 51.1 Å². The molecule has 0 radical (unpaired) electrons. The molecule has 1 aliphatic carbocycles. The SMILES string of the molecule is NC1CCCc2cc(CN3CCCCC3)ccc21. The summed E-state index contributed by atoms with van der Waals surface area (Å²) in [6, 6.07) is 7.25.